The fourth-order valence-electron chi connectivity index (χ4n) is 4.79. The van der Waals surface area contributed by atoms with Crippen LogP contribution < -0.4 is 15.2 Å². The molecule has 4 aromatic rings. The third kappa shape index (κ3) is 4.09. The molecule has 0 radical (unpaired) electrons. The molecule has 0 atom stereocenters. The molecule has 1 N–H and O–H groups in total. The van der Waals surface area contributed by atoms with Gasteiger partial charge in [0.05, 0.1) is 12.3 Å². The zero-order valence-corrected chi connectivity index (χ0v) is 19.4. The Morgan fingerprint density at radius 2 is 1.73 bits per heavy atom. The summed E-state index contributed by atoms with van der Waals surface area (Å²) in [6.45, 7) is 10.0. The van der Waals surface area contributed by atoms with E-state index in [0.29, 0.717) is 18.7 Å². The Bertz CT molecular complexity index is 1320. The van der Waals surface area contributed by atoms with Crippen LogP contribution in [0.5, 0.6) is 5.75 Å². The predicted molar refractivity (Wildman–Crippen MR) is 134 cm³/mol. The average Bonchev–Trinajstić information content (AvgIpc) is 3.23. The van der Waals surface area contributed by atoms with E-state index in [9.17, 15) is 4.79 Å². The number of anilines is 1. The van der Waals surface area contributed by atoms with Crippen LogP contribution in [0.2, 0.25) is 0 Å². The first-order chi connectivity index (χ1) is 16.2. The van der Waals surface area contributed by atoms with Crippen molar-refractivity contribution in [2.24, 2.45) is 0 Å². The third-order valence-electron chi connectivity index (χ3n) is 6.52. The van der Waals surface area contributed by atoms with Gasteiger partial charge in [-0.3, -0.25) is 14.3 Å². The highest BCUT2D eigenvalue weighted by Gasteiger charge is 2.21. The van der Waals surface area contributed by atoms with E-state index in [1.165, 1.54) is 0 Å². The number of H-pyrrole nitrogens is 1. The van der Waals surface area contributed by atoms with Crippen molar-refractivity contribution in [3.8, 4) is 5.75 Å². The maximum absolute atomic E-state index is 13.3. The van der Waals surface area contributed by atoms with Crippen molar-refractivity contribution in [2.75, 3.05) is 44.2 Å². The highest BCUT2D eigenvalue weighted by Crippen LogP contribution is 2.29. The molecule has 172 valence electrons. The maximum atomic E-state index is 13.3. The van der Waals surface area contributed by atoms with Gasteiger partial charge >= 0.3 is 0 Å². The standard InChI is InChI=1S/C26H31N5O2/c1-3-23-28-24-19-9-5-6-10-20(19)27-25(24)26(32)31(23)18-15-29-13-16-30(17-14-29)21-11-7-8-12-22(21)33-4-2/h5-12,27H,3-4,13-18H2,1-2H3. The fraction of sp³-hybridized carbons (Fsp3) is 0.385. The largest absolute Gasteiger partial charge is 0.492 e. The second kappa shape index (κ2) is 9.27. The number of nitrogens with one attached hydrogen (secondary N) is 1. The van der Waals surface area contributed by atoms with Crippen LogP contribution in [0.1, 0.15) is 19.7 Å². The van der Waals surface area contributed by atoms with Crippen LogP contribution in [-0.2, 0) is 13.0 Å². The Morgan fingerprint density at radius 1 is 0.970 bits per heavy atom. The summed E-state index contributed by atoms with van der Waals surface area (Å²) in [4.78, 5) is 26.3. The molecule has 7 nitrogen and oxygen atoms in total. The molecule has 1 aliphatic rings. The number of hydrogen-bond acceptors (Lipinski definition) is 5. The highest BCUT2D eigenvalue weighted by molar-refractivity contribution is 6.04. The minimum absolute atomic E-state index is 0.0253. The molecule has 0 spiro atoms. The number of aromatic amines is 1. The molecular weight excluding hydrogens is 414 g/mol. The summed E-state index contributed by atoms with van der Waals surface area (Å²) >= 11 is 0. The molecule has 5 rings (SSSR count). The van der Waals surface area contributed by atoms with Crippen molar-refractivity contribution >= 4 is 27.6 Å². The van der Waals surface area contributed by atoms with Gasteiger partial charge in [-0.1, -0.05) is 37.3 Å². The van der Waals surface area contributed by atoms with Gasteiger partial charge in [-0.2, -0.15) is 0 Å². The molecule has 0 aliphatic carbocycles. The minimum Gasteiger partial charge on any atom is -0.492 e. The van der Waals surface area contributed by atoms with Gasteiger partial charge in [0.2, 0.25) is 0 Å². The lowest BCUT2D eigenvalue weighted by Crippen LogP contribution is -2.47. The van der Waals surface area contributed by atoms with Crippen LogP contribution in [0.15, 0.2) is 53.3 Å². The topological polar surface area (TPSA) is 66.4 Å². The molecular formula is C26H31N5O2. The third-order valence-corrected chi connectivity index (χ3v) is 6.52. The van der Waals surface area contributed by atoms with E-state index in [1.54, 1.807) is 0 Å². The summed E-state index contributed by atoms with van der Waals surface area (Å²) in [7, 11) is 0. The monoisotopic (exact) mass is 445 g/mol. The molecule has 1 aliphatic heterocycles. The van der Waals surface area contributed by atoms with E-state index >= 15 is 0 Å². The second-order valence-corrected chi connectivity index (χ2v) is 8.46. The van der Waals surface area contributed by atoms with Gasteiger partial charge < -0.3 is 14.6 Å². The molecule has 0 bridgehead atoms. The fourth-order valence-corrected chi connectivity index (χ4v) is 4.79. The first-order valence-electron chi connectivity index (χ1n) is 11.9. The first kappa shape index (κ1) is 21.5. The van der Waals surface area contributed by atoms with Gasteiger partial charge in [-0.05, 0) is 25.1 Å². The normalized spacial score (nSPS) is 14.9. The number of aryl methyl sites for hydroxylation is 1. The van der Waals surface area contributed by atoms with Crippen LogP contribution >= 0.6 is 0 Å². The van der Waals surface area contributed by atoms with E-state index < -0.39 is 0 Å². The zero-order valence-electron chi connectivity index (χ0n) is 19.4. The molecule has 7 heteroatoms. The Labute approximate surface area is 193 Å². The van der Waals surface area contributed by atoms with Crippen molar-refractivity contribution in [2.45, 2.75) is 26.8 Å². The molecule has 0 unspecified atom stereocenters. The highest BCUT2D eigenvalue weighted by atomic mass is 16.5. The number of para-hydroxylation sites is 3. The van der Waals surface area contributed by atoms with E-state index in [-0.39, 0.29) is 5.56 Å². The van der Waals surface area contributed by atoms with Crippen molar-refractivity contribution in [3.63, 3.8) is 0 Å². The Balaban J connectivity index is 1.30. The lowest BCUT2D eigenvalue weighted by atomic mass is 10.2. The number of hydrogen-bond donors (Lipinski definition) is 1. The first-order valence-corrected chi connectivity index (χ1v) is 11.9. The summed E-state index contributed by atoms with van der Waals surface area (Å²) in [5.41, 5.74) is 3.53. The van der Waals surface area contributed by atoms with Gasteiger partial charge in [0, 0.05) is 56.6 Å². The summed E-state index contributed by atoms with van der Waals surface area (Å²) in [6.07, 6.45) is 0.729. The van der Waals surface area contributed by atoms with Gasteiger partial charge in [0.1, 0.15) is 22.6 Å². The number of rotatable bonds is 7. The molecule has 33 heavy (non-hydrogen) atoms. The van der Waals surface area contributed by atoms with Crippen LogP contribution in [-0.4, -0.2) is 58.8 Å². The summed E-state index contributed by atoms with van der Waals surface area (Å²) in [5.74, 6) is 1.80. The van der Waals surface area contributed by atoms with E-state index in [2.05, 4.69) is 33.8 Å². The van der Waals surface area contributed by atoms with E-state index in [4.69, 9.17) is 9.72 Å². The summed E-state index contributed by atoms with van der Waals surface area (Å²) in [5, 5.41) is 1.01. The smallest absolute Gasteiger partial charge is 0.277 e. The van der Waals surface area contributed by atoms with Crippen LogP contribution in [0, 0.1) is 0 Å². The van der Waals surface area contributed by atoms with Gasteiger partial charge in [-0.15, -0.1) is 0 Å². The number of nitrogens with zero attached hydrogens (tertiary/aromatic N) is 4. The van der Waals surface area contributed by atoms with Crippen molar-refractivity contribution < 1.29 is 4.74 Å². The predicted octanol–water partition coefficient (Wildman–Crippen LogP) is 3.66. The van der Waals surface area contributed by atoms with E-state index in [1.807, 2.05) is 47.9 Å². The van der Waals surface area contributed by atoms with Crippen LogP contribution in [0.25, 0.3) is 21.9 Å². The average molecular weight is 446 g/mol. The Hall–Kier alpha value is -3.32. The maximum Gasteiger partial charge on any atom is 0.277 e. The van der Waals surface area contributed by atoms with Gasteiger partial charge in [-0.25, -0.2) is 4.98 Å². The number of aromatic nitrogens is 3. The van der Waals surface area contributed by atoms with Crippen LogP contribution in [0.3, 0.4) is 0 Å². The van der Waals surface area contributed by atoms with Gasteiger partial charge in [0.15, 0.2) is 0 Å². The zero-order chi connectivity index (χ0) is 22.8. The minimum atomic E-state index is 0.0253. The van der Waals surface area contributed by atoms with Crippen molar-refractivity contribution in [3.05, 3.63) is 64.7 Å². The molecule has 3 heterocycles. The lowest BCUT2D eigenvalue weighted by Gasteiger charge is -2.36. The lowest BCUT2D eigenvalue weighted by molar-refractivity contribution is 0.245. The molecule has 2 aromatic heterocycles. The number of piperazine rings is 1. The molecule has 1 fully saturated rings. The molecule has 0 saturated carbocycles. The molecule has 2 aromatic carbocycles. The Kier molecular flexibility index (Phi) is 6.05. The van der Waals surface area contributed by atoms with Crippen molar-refractivity contribution in [1.82, 2.24) is 19.4 Å². The number of ether oxygens (including phenoxy) is 1. The molecule has 0 amide bonds. The summed E-state index contributed by atoms with van der Waals surface area (Å²) in [6, 6.07) is 16.2. The van der Waals surface area contributed by atoms with Crippen molar-refractivity contribution in [1.29, 1.82) is 0 Å². The number of benzene rings is 2. The Morgan fingerprint density at radius 3 is 2.52 bits per heavy atom. The molecule has 1 saturated heterocycles. The quantitative estimate of drug-likeness (QED) is 0.470. The number of fused-ring (bicyclic) bond motifs is 3. The summed E-state index contributed by atoms with van der Waals surface area (Å²) < 4.78 is 7.67. The van der Waals surface area contributed by atoms with E-state index in [0.717, 1.165) is 72.8 Å². The second-order valence-electron chi connectivity index (χ2n) is 8.46. The van der Waals surface area contributed by atoms with Gasteiger partial charge in [0.25, 0.3) is 5.56 Å². The van der Waals surface area contributed by atoms with Crippen LogP contribution in [0.4, 0.5) is 5.69 Å². The SMILES string of the molecule is CCOc1ccccc1N1CCN(CCn2c(CC)nc3c([nH]c4ccccc43)c2=O)CC1.